The van der Waals surface area contributed by atoms with Gasteiger partial charge < -0.3 is 8.94 Å². The average Bonchev–Trinajstić information content (AvgIpc) is 3.25. The highest BCUT2D eigenvalue weighted by molar-refractivity contribution is 6.10. The van der Waals surface area contributed by atoms with E-state index in [2.05, 4.69) is 5.16 Å². The van der Waals surface area contributed by atoms with Gasteiger partial charge in [0.1, 0.15) is 11.3 Å². The molecule has 5 rings (SSSR count). The maximum Gasteiger partial charge on any atom is 0.296 e. The minimum Gasteiger partial charge on any atom is -0.450 e. The minimum absolute atomic E-state index is 0.0533. The molecule has 6 nitrogen and oxygen atoms in total. The molecule has 1 amide bonds. The molecule has 0 fully saturated rings. The van der Waals surface area contributed by atoms with Crippen LogP contribution in [0.3, 0.4) is 0 Å². The third kappa shape index (κ3) is 2.60. The highest BCUT2D eigenvalue weighted by atomic mass is 16.5. The molecular weight excluding hydrogens is 368 g/mol. The third-order valence-electron chi connectivity index (χ3n) is 5.28. The van der Waals surface area contributed by atoms with E-state index in [1.807, 2.05) is 44.2 Å². The molecule has 1 aliphatic rings. The fourth-order valence-electron chi connectivity index (χ4n) is 3.85. The Balaban J connectivity index is 1.83. The standard InChI is InChI=1S/C23H18N2O4/c1-12-4-7-15(8-5-12)20-19-21(26)16-10-13(2)6-9-17(16)28-22(19)23(27)25(20)18-11-14(3)29-24-18/h4-11,20H,1-3H3/t20-/m1/s1. The van der Waals surface area contributed by atoms with Crippen molar-refractivity contribution >= 4 is 22.7 Å². The number of rotatable bonds is 2. The van der Waals surface area contributed by atoms with Crippen LogP contribution in [0.1, 0.15) is 44.6 Å². The summed E-state index contributed by atoms with van der Waals surface area (Å²) in [6.45, 7) is 5.66. The number of fused-ring (bicyclic) bond motifs is 2. The highest BCUT2D eigenvalue weighted by Crippen LogP contribution is 2.40. The van der Waals surface area contributed by atoms with Gasteiger partial charge in [0.05, 0.1) is 17.0 Å². The molecule has 0 radical (unpaired) electrons. The van der Waals surface area contributed by atoms with Crippen molar-refractivity contribution in [1.82, 2.24) is 5.16 Å². The molecule has 1 atom stereocenters. The predicted octanol–water partition coefficient (Wildman–Crippen LogP) is 4.46. The van der Waals surface area contributed by atoms with E-state index < -0.39 is 11.9 Å². The zero-order chi connectivity index (χ0) is 20.3. The normalized spacial score (nSPS) is 15.9. The van der Waals surface area contributed by atoms with E-state index >= 15 is 0 Å². The molecule has 3 heterocycles. The van der Waals surface area contributed by atoms with E-state index in [1.165, 1.54) is 4.90 Å². The fourth-order valence-corrected chi connectivity index (χ4v) is 3.85. The zero-order valence-corrected chi connectivity index (χ0v) is 16.2. The van der Waals surface area contributed by atoms with Gasteiger partial charge in [-0.2, -0.15) is 0 Å². The first-order chi connectivity index (χ1) is 13.9. The molecule has 0 N–H and O–H groups in total. The number of benzene rings is 2. The summed E-state index contributed by atoms with van der Waals surface area (Å²) in [7, 11) is 0. The smallest absolute Gasteiger partial charge is 0.296 e. The van der Waals surface area contributed by atoms with Crippen LogP contribution in [0.4, 0.5) is 5.82 Å². The second kappa shape index (κ2) is 6.17. The molecule has 0 spiro atoms. The number of hydrogen-bond acceptors (Lipinski definition) is 5. The Morgan fingerprint density at radius 2 is 1.66 bits per heavy atom. The van der Waals surface area contributed by atoms with Gasteiger partial charge in [-0.25, -0.2) is 0 Å². The number of anilines is 1. The summed E-state index contributed by atoms with van der Waals surface area (Å²) in [5.41, 5.74) is 3.37. The van der Waals surface area contributed by atoms with Gasteiger partial charge in [0.15, 0.2) is 11.2 Å². The summed E-state index contributed by atoms with van der Waals surface area (Å²) < 4.78 is 11.1. The summed E-state index contributed by atoms with van der Waals surface area (Å²) in [5.74, 6) is 0.576. The number of carbonyl (C=O) groups is 1. The second-order valence-corrected chi connectivity index (χ2v) is 7.46. The van der Waals surface area contributed by atoms with Crippen LogP contribution in [-0.2, 0) is 0 Å². The number of aryl methyl sites for hydroxylation is 3. The number of aromatic nitrogens is 1. The monoisotopic (exact) mass is 386 g/mol. The van der Waals surface area contributed by atoms with Crippen molar-refractivity contribution in [1.29, 1.82) is 0 Å². The molecule has 0 unspecified atom stereocenters. The lowest BCUT2D eigenvalue weighted by Gasteiger charge is -2.22. The maximum absolute atomic E-state index is 13.5. The first-order valence-electron chi connectivity index (χ1n) is 9.35. The molecule has 0 aliphatic carbocycles. The number of hydrogen-bond donors (Lipinski definition) is 0. The maximum atomic E-state index is 13.5. The summed E-state index contributed by atoms with van der Waals surface area (Å²) in [6, 6.07) is 14.2. The van der Waals surface area contributed by atoms with Gasteiger partial charge in [0, 0.05) is 6.07 Å². The van der Waals surface area contributed by atoms with E-state index in [1.54, 1.807) is 25.1 Å². The van der Waals surface area contributed by atoms with Crippen LogP contribution >= 0.6 is 0 Å². The second-order valence-electron chi connectivity index (χ2n) is 7.46. The lowest BCUT2D eigenvalue weighted by Crippen LogP contribution is -2.29. The van der Waals surface area contributed by atoms with Gasteiger partial charge in [-0.05, 0) is 38.5 Å². The van der Waals surface area contributed by atoms with Crippen molar-refractivity contribution in [2.24, 2.45) is 0 Å². The minimum atomic E-state index is -0.635. The third-order valence-corrected chi connectivity index (χ3v) is 5.28. The Labute approximate surface area is 166 Å². The van der Waals surface area contributed by atoms with E-state index in [0.29, 0.717) is 28.1 Å². The largest absolute Gasteiger partial charge is 0.450 e. The first kappa shape index (κ1) is 17.4. The predicted molar refractivity (Wildman–Crippen MR) is 108 cm³/mol. The molecule has 144 valence electrons. The average molecular weight is 386 g/mol. The Bertz CT molecular complexity index is 1330. The van der Waals surface area contributed by atoms with Gasteiger partial charge in [-0.15, -0.1) is 0 Å². The van der Waals surface area contributed by atoms with Crippen molar-refractivity contribution < 1.29 is 13.7 Å². The first-order valence-corrected chi connectivity index (χ1v) is 9.35. The van der Waals surface area contributed by atoms with Crippen LogP contribution in [0.2, 0.25) is 0 Å². The highest BCUT2D eigenvalue weighted by Gasteiger charge is 2.44. The molecule has 2 aromatic carbocycles. The van der Waals surface area contributed by atoms with Crippen LogP contribution in [0.5, 0.6) is 0 Å². The fraction of sp³-hybridized carbons (Fsp3) is 0.174. The molecular formula is C23H18N2O4. The van der Waals surface area contributed by atoms with Crippen LogP contribution in [0.25, 0.3) is 11.0 Å². The molecule has 4 aromatic rings. The molecule has 29 heavy (non-hydrogen) atoms. The Morgan fingerprint density at radius 3 is 2.34 bits per heavy atom. The molecule has 0 bridgehead atoms. The zero-order valence-electron chi connectivity index (χ0n) is 16.2. The molecule has 2 aromatic heterocycles. The van der Waals surface area contributed by atoms with E-state index in [-0.39, 0.29) is 11.2 Å². The summed E-state index contributed by atoms with van der Waals surface area (Å²) in [5, 5.41) is 4.49. The van der Waals surface area contributed by atoms with Crippen molar-refractivity contribution in [2.75, 3.05) is 4.90 Å². The Kier molecular flexibility index (Phi) is 3.71. The van der Waals surface area contributed by atoms with Crippen LogP contribution < -0.4 is 10.3 Å². The van der Waals surface area contributed by atoms with Crippen molar-refractivity contribution in [3.8, 4) is 0 Å². The summed E-state index contributed by atoms with van der Waals surface area (Å²) >= 11 is 0. The molecule has 0 saturated carbocycles. The van der Waals surface area contributed by atoms with Gasteiger partial charge in [-0.3, -0.25) is 14.5 Å². The molecule has 6 heteroatoms. The van der Waals surface area contributed by atoms with E-state index in [4.69, 9.17) is 8.94 Å². The SMILES string of the molecule is Cc1ccc([C@@H]2c3c(oc4ccc(C)cc4c3=O)C(=O)N2c2cc(C)on2)cc1. The van der Waals surface area contributed by atoms with Crippen molar-refractivity contribution in [3.63, 3.8) is 0 Å². The number of nitrogens with zero attached hydrogens (tertiary/aromatic N) is 2. The molecule has 1 aliphatic heterocycles. The van der Waals surface area contributed by atoms with Crippen LogP contribution in [-0.4, -0.2) is 11.1 Å². The lowest BCUT2D eigenvalue weighted by atomic mass is 9.97. The topological polar surface area (TPSA) is 76.6 Å². The Morgan fingerprint density at radius 1 is 0.931 bits per heavy atom. The van der Waals surface area contributed by atoms with Gasteiger partial charge in [0.2, 0.25) is 5.76 Å². The van der Waals surface area contributed by atoms with Gasteiger partial charge in [0.25, 0.3) is 5.91 Å². The lowest BCUT2D eigenvalue weighted by molar-refractivity contribution is 0.0969. The molecule has 0 saturated heterocycles. The van der Waals surface area contributed by atoms with Crippen molar-refractivity contribution in [3.05, 3.63) is 92.5 Å². The van der Waals surface area contributed by atoms with Gasteiger partial charge in [-0.1, -0.05) is 46.6 Å². The quantitative estimate of drug-likeness (QED) is 0.508. The van der Waals surface area contributed by atoms with Gasteiger partial charge >= 0.3 is 0 Å². The summed E-state index contributed by atoms with van der Waals surface area (Å²) in [6.07, 6.45) is 0. The van der Waals surface area contributed by atoms with Crippen LogP contribution in [0.15, 0.2) is 62.3 Å². The number of carbonyl (C=O) groups excluding carboxylic acids is 1. The van der Waals surface area contributed by atoms with Crippen LogP contribution in [0, 0.1) is 20.8 Å². The van der Waals surface area contributed by atoms with Crippen molar-refractivity contribution in [2.45, 2.75) is 26.8 Å². The Hall–Kier alpha value is -3.67. The summed E-state index contributed by atoms with van der Waals surface area (Å²) in [4.78, 5) is 28.3. The number of amides is 1. The van der Waals surface area contributed by atoms with E-state index in [9.17, 15) is 9.59 Å². The van der Waals surface area contributed by atoms with E-state index in [0.717, 1.165) is 16.7 Å².